The van der Waals surface area contributed by atoms with Gasteiger partial charge in [-0.25, -0.2) is 9.69 Å². The molecule has 0 unspecified atom stereocenters. The van der Waals surface area contributed by atoms with Gasteiger partial charge in [0.25, 0.3) is 17.5 Å². The Morgan fingerprint density at radius 1 is 0.761 bits per heavy atom. The van der Waals surface area contributed by atoms with E-state index < -0.39 is 34.6 Å². The van der Waals surface area contributed by atoms with Crippen molar-refractivity contribution in [2.24, 2.45) is 0 Å². The minimum absolute atomic E-state index is 0.0422. The molecule has 0 bridgehead atoms. The van der Waals surface area contributed by atoms with E-state index in [2.05, 4.69) is 0 Å². The molecule has 0 radical (unpaired) electrons. The van der Waals surface area contributed by atoms with Crippen LogP contribution in [-0.2, 0) is 4.74 Å². The monoisotopic (exact) mass is 632 g/mol. The predicted octanol–water partition coefficient (Wildman–Crippen LogP) is 7.62. The molecule has 2 amide bonds. The SMILES string of the molecule is O=C(O[C@@H](C(=O)c1ccccc1)c1ccc([N+](=O)[O-])cc1)c1cccc(N2C(=O)c3cccc(Oc4ccc(Cl)cc4)c3C2=O)c1. The lowest BCUT2D eigenvalue weighted by molar-refractivity contribution is -0.384. The van der Waals surface area contributed by atoms with Crippen molar-refractivity contribution in [3.05, 3.63) is 164 Å². The Hall–Kier alpha value is -6.13. The molecule has 6 rings (SSSR count). The number of hydrogen-bond acceptors (Lipinski definition) is 8. The average molecular weight is 633 g/mol. The van der Waals surface area contributed by atoms with E-state index in [9.17, 15) is 29.3 Å². The van der Waals surface area contributed by atoms with Crippen molar-refractivity contribution in [3.63, 3.8) is 0 Å². The van der Waals surface area contributed by atoms with Crippen molar-refractivity contribution in [2.45, 2.75) is 6.10 Å². The number of nitro groups is 1. The summed E-state index contributed by atoms with van der Waals surface area (Å²) in [5.41, 5.74) is 0.515. The Bertz CT molecular complexity index is 2010. The molecule has 0 aromatic heterocycles. The van der Waals surface area contributed by atoms with Crippen molar-refractivity contribution >= 4 is 46.5 Å². The lowest BCUT2D eigenvalue weighted by Crippen LogP contribution is -2.29. The zero-order chi connectivity index (χ0) is 32.4. The van der Waals surface area contributed by atoms with Crippen LogP contribution >= 0.6 is 11.6 Å². The summed E-state index contributed by atoms with van der Waals surface area (Å²) in [5, 5.41) is 11.7. The van der Waals surface area contributed by atoms with Crippen LogP contribution in [-0.4, -0.2) is 28.5 Å². The summed E-state index contributed by atoms with van der Waals surface area (Å²) in [6.45, 7) is 0. The fourth-order valence-corrected chi connectivity index (χ4v) is 5.07. The maximum Gasteiger partial charge on any atom is 0.339 e. The van der Waals surface area contributed by atoms with E-state index in [-0.39, 0.29) is 44.9 Å². The summed E-state index contributed by atoms with van der Waals surface area (Å²) < 4.78 is 11.6. The fraction of sp³-hybridized carbons (Fsp3) is 0.0286. The summed E-state index contributed by atoms with van der Waals surface area (Å²) in [7, 11) is 0. The van der Waals surface area contributed by atoms with Gasteiger partial charge in [-0.1, -0.05) is 54.1 Å². The molecule has 226 valence electrons. The molecular weight excluding hydrogens is 612 g/mol. The molecule has 46 heavy (non-hydrogen) atoms. The molecule has 10 nitrogen and oxygen atoms in total. The zero-order valence-corrected chi connectivity index (χ0v) is 24.4. The number of halogens is 1. The molecule has 1 atom stereocenters. The second kappa shape index (κ2) is 12.5. The van der Waals surface area contributed by atoms with E-state index in [1.807, 2.05) is 0 Å². The van der Waals surface area contributed by atoms with Crippen molar-refractivity contribution in [1.29, 1.82) is 0 Å². The van der Waals surface area contributed by atoms with Gasteiger partial charge in [0.1, 0.15) is 11.5 Å². The smallest absolute Gasteiger partial charge is 0.339 e. The third-order valence-corrected chi connectivity index (χ3v) is 7.44. The van der Waals surface area contributed by atoms with E-state index in [0.29, 0.717) is 10.8 Å². The van der Waals surface area contributed by atoms with Gasteiger partial charge in [-0.3, -0.25) is 24.5 Å². The van der Waals surface area contributed by atoms with E-state index in [4.69, 9.17) is 21.1 Å². The van der Waals surface area contributed by atoms with Crippen molar-refractivity contribution in [2.75, 3.05) is 4.90 Å². The van der Waals surface area contributed by atoms with Crippen LogP contribution in [0, 0.1) is 10.1 Å². The van der Waals surface area contributed by atoms with Gasteiger partial charge in [0, 0.05) is 28.3 Å². The van der Waals surface area contributed by atoms with Gasteiger partial charge >= 0.3 is 5.97 Å². The molecule has 0 saturated heterocycles. The Morgan fingerprint density at radius 3 is 2.13 bits per heavy atom. The minimum atomic E-state index is -1.44. The first-order chi connectivity index (χ1) is 22.2. The van der Waals surface area contributed by atoms with Crippen molar-refractivity contribution in [1.82, 2.24) is 0 Å². The highest BCUT2D eigenvalue weighted by molar-refractivity contribution is 6.35. The summed E-state index contributed by atoms with van der Waals surface area (Å²) in [6.07, 6.45) is -1.44. The second-order valence-corrected chi connectivity index (χ2v) is 10.5. The first-order valence-corrected chi connectivity index (χ1v) is 14.2. The van der Waals surface area contributed by atoms with Crippen LogP contribution in [0.25, 0.3) is 0 Å². The van der Waals surface area contributed by atoms with Gasteiger partial charge < -0.3 is 9.47 Å². The number of amides is 2. The van der Waals surface area contributed by atoms with E-state index in [0.717, 1.165) is 4.90 Å². The molecular formula is C35H21ClN2O8. The number of ketones is 1. The number of esters is 1. The normalized spacial score (nSPS) is 12.8. The molecule has 1 heterocycles. The number of rotatable bonds is 9. The second-order valence-electron chi connectivity index (χ2n) is 10.1. The van der Waals surface area contributed by atoms with Crippen LogP contribution in [0.15, 0.2) is 121 Å². The molecule has 0 N–H and O–H groups in total. The number of nitro benzene ring substituents is 1. The molecule has 0 spiro atoms. The minimum Gasteiger partial charge on any atom is -0.457 e. The van der Waals surface area contributed by atoms with Crippen LogP contribution in [0.3, 0.4) is 0 Å². The van der Waals surface area contributed by atoms with E-state index >= 15 is 0 Å². The Kier molecular flexibility index (Phi) is 8.11. The highest BCUT2D eigenvalue weighted by atomic mass is 35.5. The van der Waals surface area contributed by atoms with Gasteiger partial charge in [-0.2, -0.15) is 0 Å². The molecule has 1 aliphatic heterocycles. The van der Waals surface area contributed by atoms with Gasteiger partial charge in [0.15, 0.2) is 6.10 Å². The van der Waals surface area contributed by atoms with Crippen LogP contribution in [0.1, 0.15) is 53.1 Å². The highest BCUT2D eigenvalue weighted by Gasteiger charge is 2.39. The van der Waals surface area contributed by atoms with E-state index in [1.54, 1.807) is 66.7 Å². The van der Waals surface area contributed by atoms with Gasteiger partial charge in [0.05, 0.1) is 27.3 Å². The fourth-order valence-electron chi connectivity index (χ4n) is 4.95. The Morgan fingerprint density at radius 2 is 1.43 bits per heavy atom. The number of ether oxygens (including phenoxy) is 2. The maximum atomic E-state index is 13.6. The molecule has 1 aliphatic rings. The third-order valence-electron chi connectivity index (χ3n) is 7.19. The van der Waals surface area contributed by atoms with Crippen molar-refractivity contribution in [3.8, 4) is 11.5 Å². The number of non-ortho nitro benzene ring substituents is 1. The standard InChI is InChI=1S/C35H21ClN2O8/c36-24-14-18-27(19-15-24)45-29-11-5-10-28-30(29)34(41)37(33(28)40)26-9-4-8-23(20-26)35(42)46-32(31(39)21-6-2-1-3-7-21)22-12-16-25(17-13-22)38(43)44/h1-20,32H/t32-/m1/s1. The van der Waals surface area contributed by atoms with Gasteiger partial charge in [-0.15, -0.1) is 0 Å². The molecule has 11 heteroatoms. The molecule has 0 aliphatic carbocycles. The van der Waals surface area contributed by atoms with Crippen LogP contribution in [0.4, 0.5) is 11.4 Å². The number of imide groups is 1. The lowest BCUT2D eigenvalue weighted by atomic mass is 9.99. The zero-order valence-electron chi connectivity index (χ0n) is 23.7. The molecule has 5 aromatic rings. The summed E-state index contributed by atoms with van der Waals surface area (Å²) in [4.78, 5) is 65.5. The molecule has 0 saturated carbocycles. The van der Waals surface area contributed by atoms with Gasteiger partial charge in [0.2, 0.25) is 5.78 Å². The number of Topliss-reactive ketones (excluding diaryl/α,β-unsaturated/α-hetero) is 1. The number of carbonyl (C=O) groups excluding carboxylic acids is 4. The quantitative estimate of drug-likeness (QED) is 0.0533. The molecule has 0 fully saturated rings. The number of anilines is 1. The number of carbonyl (C=O) groups is 4. The summed E-state index contributed by atoms with van der Waals surface area (Å²) >= 11 is 5.96. The third kappa shape index (κ3) is 5.84. The summed E-state index contributed by atoms with van der Waals surface area (Å²) in [5.74, 6) is -2.16. The van der Waals surface area contributed by atoms with Crippen LogP contribution in [0.5, 0.6) is 11.5 Å². The number of benzene rings is 5. The molecule has 5 aromatic carbocycles. The Labute approximate surface area is 266 Å². The largest absolute Gasteiger partial charge is 0.457 e. The number of fused-ring (bicyclic) bond motifs is 1. The highest BCUT2D eigenvalue weighted by Crippen LogP contribution is 2.37. The van der Waals surface area contributed by atoms with Crippen LogP contribution < -0.4 is 9.64 Å². The maximum absolute atomic E-state index is 13.6. The first-order valence-electron chi connectivity index (χ1n) is 13.8. The average Bonchev–Trinajstić information content (AvgIpc) is 3.34. The Balaban J connectivity index is 1.28. The topological polar surface area (TPSA) is 133 Å². The predicted molar refractivity (Wildman–Crippen MR) is 168 cm³/mol. The summed E-state index contributed by atoms with van der Waals surface area (Å²) in [6, 6.07) is 30.1. The van der Waals surface area contributed by atoms with Gasteiger partial charge in [-0.05, 0) is 66.7 Å². The first kappa shape index (κ1) is 29.9. The lowest BCUT2D eigenvalue weighted by Gasteiger charge is -2.19. The van der Waals surface area contributed by atoms with Crippen LogP contribution in [0.2, 0.25) is 5.02 Å². The van der Waals surface area contributed by atoms with Crippen molar-refractivity contribution < 1.29 is 33.6 Å². The van der Waals surface area contributed by atoms with E-state index in [1.165, 1.54) is 54.6 Å². The number of hydrogen-bond donors (Lipinski definition) is 0. The number of nitrogens with zero attached hydrogens (tertiary/aromatic N) is 2.